The number of rotatable bonds is 3. The Labute approximate surface area is 117 Å². The number of morpholine rings is 1. The molecule has 20 heavy (non-hydrogen) atoms. The molecule has 3 rings (SSSR count). The van der Waals surface area contributed by atoms with E-state index in [0.717, 1.165) is 24.0 Å². The maximum absolute atomic E-state index is 12.3. The summed E-state index contributed by atoms with van der Waals surface area (Å²) < 4.78 is 5.56. The van der Waals surface area contributed by atoms with E-state index in [9.17, 15) is 4.79 Å². The summed E-state index contributed by atoms with van der Waals surface area (Å²) in [5.74, 6) is -0.0854. The molecule has 2 heterocycles. The Morgan fingerprint density at radius 1 is 1.40 bits per heavy atom. The number of nitrogens with zero attached hydrogens (tertiary/aromatic N) is 1. The first-order valence-electron chi connectivity index (χ1n) is 6.79. The second kappa shape index (κ2) is 5.98. The minimum atomic E-state index is -0.0854. The van der Waals surface area contributed by atoms with Gasteiger partial charge >= 0.3 is 0 Å². The first-order chi connectivity index (χ1) is 9.84. The van der Waals surface area contributed by atoms with Crippen molar-refractivity contribution in [1.29, 1.82) is 0 Å². The highest BCUT2D eigenvalue weighted by Crippen LogP contribution is 2.15. The molecule has 1 saturated heterocycles. The summed E-state index contributed by atoms with van der Waals surface area (Å²) in [6.07, 6.45) is 1.71. The summed E-state index contributed by atoms with van der Waals surface area (Å²) in [6.45, 7) is 2.86. The van der Waals surface area contributed by atoms with Gasteiger partial charge in [0.05, 0.1) is 23.8 Å². The lowest BCUT2D eigenvalue weighted by Crippen LogP contribution is -2.45. The van der Waals surface area contributed by atoms with Crippen LogP contribution in [0.25, 0.3) is 10.9 Å². The highest BCUT2D eigenvalue weighted by atomic mass is 16.5. The molecular formula is C15H17N3O2. The van der Waals surface area contributed by atoms with Crippen LogP contribution in [0.5, 0.6) is 0 Å². The van der Waals surface area contributed by atoms with Gasteiger partial charge in [-0.15, -0.1) is 0 Å². The van der Waals surface area contributed by atoms with E-state index in [0.29, 0.717) is 18.7 Å². The molecule has 0 aliphatic carbocycles. The molecule has 1 atom stereocenters. The van der Waals surface area contributed by atoms with Crippen LogP contribution in [0.1, 0.15) is 10.4 Å². The van der Waals surface area contributed by atoms with Crippen LogP contribution >= 0.6 is 0 Å². The highest BCUT2D eigenvalue weighted by Gasteiger charge is 2.16. The highest BCUT2D eigenvalue weighted by molar-refractivity contribution is 6.05. The molecule has 5 heteroatoms. The van der Waals surface area contributed by atoms with E-state index < -0.39 is 0 Å². The normalized spacial score (nSPS) is 18.9. The number of aromatic nitrogens is 1. The van der Waals surface area contributed by atoms with Crippen LogP contribution in [0.2, 0.25) is 0 Å². The molecule has 0 radical (unpaired) electrons. The van der Waals surface area contributed by atoms with Gasteiger partial charge in [-0.3, -0.25) is 9.78 Å². The number of amides is 1. The van der Waals surface area contributed by atoms with E-state index in [2.05, 4.69) is 15.6 Å². The molecule has 1 unspecified atom stereocenters. The van der Waals surface area contributed by atoms with E-state index in [-0.39, 0.29) is 12.0 Å². The average Bonchev–Trinajstić information content (AvgIpc) is 2.53. The maximum Gasteiger partial charge on any atom is 0.252 e. The maximum atomic E-state index is 12.3. The number of fused-ring (bicyclic) bond motifs is 1. The van der Waals surface area contributed by atoms with Crippen molar-refractivity contribution in [3.8, 4) is 0 Å². The molecule has 1 aromatic heterocycles. The van der Waals surface area contributed by atoms with Crippen LogP contribution in [0.3, 0.4) is 0 Å². The van der Waals surface area contributed by atoms with Crippen molar-refractivity contribution in [2.75, 3.05) is 26.2 Å². The summed E-state index contributed by atoms with van der Waals surface area (Å²) in [7, 11) is 0. The standard InChI is InChI=1S/C15H17N3O2/c19-15(18-10-11-9-16-7-8-20-11)13-5-6-17-14-4-2-1-3-12(13)14/h1-6,11,16H,7-10H2,(H,18,19). The van der Waals surface area contributed by atoms with Crippen LogP contribution in [-0.2, 0) is 4.74 Å². The van der Waals surface area contributed by atoms with Gasteiger partial charge in [-0.2, -0.15) is 0 Å². The molecule has 104 valence electrons. The molecule has 1 fully saturated rings. The van der Waals surface area contributed by atoms with Gasteiger partial charge in [0, 0.05) is 31.2 Å². The zero-order valence-corrected chi connectivity index (χ0v) is 11.1. The lowest BCUT2D eigenvalue weighted by Gasteiger charge is -2.23. The molecule has 1 aromatic carbocycles. The molecule has 1 aliphatic heterocycles. The molecule has 0 spiro atoms. The quantitative estimate of drug-likeness (QED) is 0.872. The van der Waals surface area contributed by atoms with Crippen LogP contribution in [0.4, 0.5) is 0 Å². The zero-order chi connectivity index (χ0) is 13.8. The van der Waals surface area contributed by atoms with Crippen molar-refractivity contribution in [2.24, 2.45) is 0 Å². The van der Waals surface area contributed by atoms with E-state index >= 15 is 0 Å². The van der Waals surface area contributed by atoms with Gasteiger partial charge in [0.25, 0.3) is 5.91 Å². The number of carbonyl (C=O) groups is 1. The van der Waals surface area contributed by atoms with E-state index in [4.69, 9.17) is 4.74 Å². The number of para-hydroxylation sites is 1. The molecule has 1 amide bonds. The van der Waals surface area contributed by atoms with Crippen LogP contribution in [0, 0.1) is 0 Å². The van der Waals surface area contributed by atoms with Gasteiger partial charge in [0.2, 0.25) is 0 Å². The number of benzene rings is 1. The van der Waals surface area contributed by atoms with Gasteiger partial charge in [-0.05, 0) is 12.1 Å². The number of hydrogen-bond acceptors (Lipinski definition) is 4. The third-order valence-corrected chi connectivity index (χ3v) is 3.39. The number of pyridine rings is 1. The number of ether oxygens (including phenoxy) is 1. The third kappa shape index (κ3) is 2.79. The molecule has 5 nitrogen and oxygen atoms in total. The van der Waals surface area contributed by atoms with E-state index in [1.807, 2.05) is 24.3 Å². The second-order valence-corrected chi connectivity index (χ2v) is 4.78. The van der Waals surface area contributed by atoms with Gasteiger partial charge in [0.15, 0.2) is 0 Å². The predicted octanol–water partition coefficient (Wildman–Crippen LogP) is 0.953. The SMILES string of the molecule is O=C(NCC1CNCCO1)c1ccnc2ccccc12. The van der Waals surface area contributed by atoms with Crippen LogP contribution < -0.4 is 10.6 Å². The molecule has 0 bridgehead atoms. The number of nitrogens with one attached hydrogen (secondary N) is 2. The smallest absolute Gasteiger partial charge is 0.252 e. The molecule has 2 aromatic rings. The zero-order valence-electron chi connectivity index (χ0n) is 11.1. The fourth-order valence-electron chi connectivity index (χ4n) is 2.35. The van der Waals surface area contributed by atoms with Crippen molar-refractivity contribution in [3.05, 3.63) is 42.1 Å². The van der Waals surface area contributed by atoms with Crippen LogP contribution in [-0.4, -0.2) is 43.2 Å². The molecular weight excluding hydrogens is 254 g/mol. The molecule has 1 aliphatic rings. The van der Waals surface area contributed by atoms with Crippen molar-refractivity contribution < 1.29 is 9.53 Å². The summed E-state index contributed by atoms with van der Waals surface area (Å²) in [6, 6.07) is 9.39. The van der Waals surface area contributed by atoms with Gasteiger partial charge < -0.3 is 15.4 Å². The summed E-state index contributed by atoms with van der Waals surface area (Å²) in [5.41, 5.74) is 1.48. The lowest BCUT2D eigenvalue weighted by molar-refractivity contribution is 0.0287. The first-order valence-corrected chi connectivity index (χ1v) is 6.79. The minimum Gasteiger partial charge on any atom is -0.374 e. The Morgan fingerprint density at radius 2 is 2.30 bits per heavy atom. The molecule has 0 saturated carbocycles. The Kier molecular flexibility index (Phi) is 3.90. The van der Waals surface area contributed by atoms with Crippen molar-refractivity contribution in [3.63, 3.8) is 0 Å². The average molecular weight is 271 g/mol. The first kappa shape index (κ1) is 13.0. The van der Waals surface area contributed by atoms with E-state index in [1.54, 1.807) is 12.3 Å². The Morgan fingerprint density at radius 3 is 3.15 bits per heavy atom. The van der Waals surface area contributed by atoms with E-state index in [1.165, 1.54) is 0 Å². The lowest BCUT2D eigenvalue weighted by atomic mass is 10.1. The van der Waals surface area contributed by atoms with Gasteiger partial charge in [-0.1, -0.05) is 18.2 Å². The number of carbonyl (C=O) groups excluding carboxylic acids is 1. The van der Waals surface area contributed by atoms with Crippen molar-refractivity contribution >= 4 is 16.8 Å². The largest absolute Gasteiger partial charge is 0.374 e. The third-order valence-electron chi connectivity index (χ3n) is 3.39. The fourth-order valence-corrected chi connectivity index (χ4v) is 2.35. The Balaban J connectivity index is 1.72. The predicted molar refractivity (Wildman–Crippen MR) is 76.7 cm³/mol. The van der Waals surface area contributed by atoms with Crippen LogP contribution in [0.15, 0.2) is 36.5 Å². The summed E-state index contributed by atoms with van der Waals surface area (Å²) in [4.78, 5) is 16.5. The van der Waals surface area contributed by atoms with Crippen molar-refractivity contribution in [2.45, 2.75) is 6.10 Å². The minimum absolute atomic E-state index is 0.0424. The Bertz CT molecular complexity index is 604. The molecule has 2 N–H and O–H groups in total. The summed E-state index contributed by atoms with van der Waals surface area (Å²) >= 11 is 0. The van der Waals surface area contributed by atoms with Crippen molar-refractivity contribution in [1.82, 2.24) is 15.6 Å². The second-order valence-electron chi connectivity index (χ2n) is 4.78. The van der Waals surface area contributed by atoms with Gasteiger partial charge in [0.1, 0.15) is 0 Å². The Hall–Kier alpha value is -1.98. The monoisotopic (exact) mass is 271 g/mol. The fraction of sp³-hybridized carbons (Fsp3) is 0.333. The van der Waals surface area contributed by atoms with Gasteiger partial charge in [-0.25, -0.2) is 0 Å². The topological polar surface area (TPSA) is 63.2 Å². The summed E-state index contributed by atoms with van der Waals surface area (Å²) in [5, 5.41) is 7.04. The number of hydrogen-bond donors (Lipinski definition) is 2.